The third-order valence-corrected chi connectivity index (χ3v) is 7.68. The monoisotopic (exact) mass is 413 g/mol. The summed E-state index contributed by atoms with van der Waals surface area (Å²) in [5, 5.41) is 6.26. The maximum Gasteiger partial charge on any atom is 0.243 e. The van der Waals surface area contributed by atoms with Crippen molar-refractivity contribution >= 4 is 26.5 Å². The molecule has 1 saturated heterocycles. The van der Waals surface area contributed by atoms with Crippen molar-refractivity contribution in [3.63, 3.8) is 0 Å². The number of anilines is 1. The second-order valence-electron chi connectivity index (χ2n) is 6.95. The Morgan fingerprint density at radius 1 is 1.04 bits per heavy atom. The predicted octanol–water partition coefficient (Wildman–Crippen LogP) is 4.77. The van der Waals surface area contributed by atoms with Crippen LogP contribution in [0.25, 0.3) is 11.3 Å². The molecule has 0 bridgehead atoms. The zero-order chi connectivity index (χ0) is 19.6. The van der Waals surface area contributed by atoms with Gasteiger partial charge in [0.15, 0.2) is 5.13 Å². The Bertz CT molecular complexity index is 1030. The molecule has 0 saturated carbocycles. The fraction of sp³-hybridized carbons (Fsp3) is 0.286. The van der Waals surface area contributed by atoms with Gasteiger partial charge in [0, 0.05) is 24.0 Å². The van der Waals surface area contributed by atoms with Crippen molar-refractivity contribution in [3.8, 4) is 11.3 Å². The lowest BCUT2D eigenvalue weighted by Gasteiger charge is -2.15. The largest absolute Gasteiger partial charge is 0.355 e. The highest BCUT2D eigenvalue weighted by molar-refractivity contribution is 7.89. The SMILES string of the molecule is C[C@@H](Nc1nc(-c2ccc(S(=O)(=O)N3CCCC3)cc2)cs1)c1ccccc1. The minimum Gasteiger partial charge on any atom is -0.355 e. The van der Waals surface area contributed by atoms with Gasteiger partial charge < -0.3 is 5.32 Å². The van der Waals surface area contributed by atoms with E-state index in [0.717, 1.165) is 29.2 Å². The number of aromatic nitrogens is 1. The van der Waals surface area contributed by atoms with Gasteiger partial charge in [-0.15, -0.1) is 11.3 Å². The Morgan fingerprint density at radius 3 is 2.39 bits per heavy atom. The normalized spacial score (nSPS) is 16.2. The average Bonchev–Trinajstić information content (AvgIpc) is 3.41. The molecule has 0 radical (unpaired) electrons. The number of benzene rings is 2. The van der Waals surface area contributed by atoms with Gasteiger partial charge in [0.2, 0.25) is 10.0 Å². The summed E-state index contributed by atoms with van der Waals surface area (Å²) in [4.78, 5) is 5.01. The molecule has 4 rings (SSSR count). The number of hydrogen-bond acceptors (Lipinski definition) is 5. The quantitative estimate of drug-likeness (QED) is 0.632. The predicted molar refractivity (Wildman–Crippen MR) is 114 cm³/mol. The average molecular weight is 414 g/mol. The van der Waals surface area contributed by atoms with E-state index in [1.165, 1.54) is 5.56 Å². The molecule has 146 valence electrons. The summed E-state index contributed by atoms with van der Waals surface area (Å²) >= 11 is 1.55. The minimum absolute atomic E-state index is 0.160. The molecule has 3 aromatic rings. The van der Waals surface area contributed by atoms with Crippen LogP contribution in [0.5, 0.6) is 0 Å². The molecule has 0 unspecified atom stereocenters. The van der Waals surface area contributed by atoms with Gasteiger partial charge in [-0.1, -0.05) is 42.5 Å². The standard InChI is InChI=1S/C21H23N3O2S2/c1-16(17-7-3-2-4-8-17)22-21-23-20(15-27-21)18-9-11-19(12-10-18)28(25,26)24-13-5-6-14-24/h2-4,7-12,15-16H,5-6,13-14H2,1H3,(H,22,23)/t16-/m1/s1. The molecule has 0 aliphatic carbocycles. The zero-order valence-corrected chi connectivity index (χ0v) is 17.3. The van der Waals surface area contributed by atoms with Gasteiger partial charge in [0.1, 0.15) is 0 Å². The van der Waals surface area contributed by atoms with E-state index in [-0.39, 0.29) is 6.04 Å². The lowest BCUT2D eigenvalue weighted by Crippen LogP contribution is -2.27. The first-order chi connectivity index (χ1) is 13.5. The maximum absolute atomic E-state index is 12.6. The van der Waals surface area contributed by atoms with Crippen LogP contribution in [0, 0.1) is 0 Å². The smallest absolute Gasteiger partial charge is 0.243 e. The minimum atomic E-state index is -3.38. The van der Waals surface area contributed by atoms with Gasteiger partial charge in [0.05, 0.1) is 16.6 Å². The van der Waals surface area contributed by atoms with E-state index in [4.69, 9.17) is 0 Å². The molecular formula is C21H23N3O2S2. The van der Waals surface area contributed by atoms with Crippen LogP contribution in [-0.4, -0.2) is 30.8 Å². The molecule has 0 amide bonds. The van der Waals surface area contributed by atoms with Crippen molar-refractivity contribution in [1.82, 2.24) is 9.29 Å². The van der Waals surface area contributed by atoms with Crippen LogP contribution < -0.4 is 5.32 Å². The highest BCUT2D eigenvalue weighted by atomic mass is 32.2. The van der Waals surface area contributed by atoms with Crippen molar-refractivity contribution in [2.75, 3.05) is 18.4 Å². The van der Waals surface area contributed by atoms with Crippen LogP contribution in [0.3, 0.4) is 0 Å². The van der Waals surface area contributed by atoms with E-state index >= 15 is 0 Å². The summed E-state index contributed by atoms with van der Waals surface area (Å²) in [6, 6.07) is 17.4. The summed E-state index contributed by atoms with van der Waals surface area (Å²) in [5.41, 5.74) is 2.96. The van der Waals surface area contributed by atoms with Crippen molar-refractivity contribution < 1.29 is 8.42 Å². The van der Waals surface area contributed by atoms with Crippen molar-refractivity contribution in [1.29, 1.82) is 0 Å². The molecule has 1 aliphatic rings. The summed E-state index contributed by atoms with van der Waals surface area (Å²) in [6.07, 6.45) is 1.88. The number of nitrogens with zero attached hydrogens (tertiary/aromatic N) is 2. The number of thiazole rings is 1. The first-order valence-corrected chi connectivity index (χ1v) is 11.7. The summed E-state index contributed by atoms with van der Waals surface area (Å²) < 4.78 is 26.9. The molecule has 1 fully saturated rings. The van der Waals surface area contributed by atoms with E-state index in [9.17, 15) is 8.42 Å². The second kappa shape index (κ2) is 8.03. The van der Waals surface area contributed by atoms with Crippen LogP contribution in [0.15, 0.2) is 64.9 Å². The van der Waals surface area contributed by atoms with E-state index in [1.807, 2.05) is 35.7 Å². The molecule has 1 aromatic heterocycles. The summed E-state index contributed by atoms with van der Waals surface area (Å²) in [7, 11) is -3.38. The van der Waals surface area contributed by atoms with Gasteiger partial charge in [-0.2, -0.15) is 4.31 Å². The molecule has 0 spiro atoms. The van der Waals surface area contributed by atoms with Gasteiger partial charge in [0.25, 0.3) is 0 Å². The summed E-state index contributed by atoms with van der Waals surface area (Å²) in [5.74, 6) is 0. The van der Waals surface area contributed by atoms with Crippen LogP contribution in [0.1, 0.15) is 31.4 Å². The zero-order valence-electron chi connectivity index (χ0n) is 15.7. The van der Waals surface area contributed by atoms with Gasteiger partial charge in [-0.05, 0) is 37.5 Å². The fourth-order valence-corrected chi connectivity index (χ4v) is 5.68. The van der Waals surface area contributed by atoms with Crippen molar-refractivity contribution in [3.05, 3.63) is 65.5 Å². The van der Waals surface area contributed by atoms with Gasteiger partial charge in [-0.3, -0.25) is 0 Å². The van der Waals surface area contributed by atoms with Crippen molar-refractivity contribution in [2.45, 2.75) is 30.7 Å². The number of hydrogen-bond donors (Lipinski definition) is 1. The third kappa shape index (κ3) is 3.97. The Kier molecular flexibility index (Phi) is 5.48. The number of rotatable bonds is 6. The lowest BCUT2D eigenvalue weighted by atomic mass is 10.1. The lowest BCUT2D eigenvalue weighted by molar-refractivity contribution is 0.477. The molecule has 5 nitrogen and oxygen atoms in total. The molecule has 7 heteroatoms. The Labute approximate surface area is 170 Å². The molecule has 2 heterocycles. The molecular weight excluding hydrogens is 390 g/mol. The van der Waals surface area contributed by atoms with Crippen molar-refractivity contribution in [2.24, 2.45) is 0 Å². The summed E-state index contributed by atoms with van der Waals surface area (Å²) in [6.45, 7) is 3.34. The Balaban J connectivity index is 1.48. The maximum atomic E-state index is 12.6. The van der Waals surface area contributed by atoms with Gasteiger partial charge >= 0.3 is 0 Å². The molecule has 1 aliphatic heterocycles. The fourth-order valence-electron chi connectivity index (χ4n) is 3.36. The Hall–Kier alpha value is -2.22. The number of sulfonamides is 1. The second-order valence-corrected chi connectivity index (χ2v) is 9.75. The first kappa shape index (κ1) is 19.1. The highest BCUT2D eigenvalue weighted by Gasteiger charge is 2.27. The van der Waals surface area contributed by atoms with E-state index in [2.05, 4.69) is 29.4 Å². The first-order valence-electron chi connectivity index (χ1n) is 9.41. The van der Waals surface area contributed by atoms with Crippen LogP contribution in [-0.2, 0) is 10.0 Å². The van der Waals surface area contributed by atoms with Crippen LogP contribution in [0.4, 0.5) is 5.13 Å². The van der Waals surface area contributed by atoms with Crippen LogP contribution >= 0.6 is 11.3 Å². The molecule has 1 atom stereocenters. The van der Waals surface area contributed by atoms with E-state index in [1.54, 1.807) is 27.8 Å². The molecule has 1 N–H and O–H groups in total. The Morgan fingerprint density at radius 2 is 1.71 bits per heavy atom. The molecule has 2 aromatic carbocycles. The van der Waals surface area contributed by atoms with E-state index < -0.39 is 10.0 Å². The topological polar surface area (TPSA) is 62.3 Å². The highest BCUT2D eigenvalue weighted by Crippen LogP contribution is 2.29. The van der Waals surface area contributed by atoms with Gasteiger partial charge in [-0.25, -0.2) is 13.4 Å². The third-order valence-electron chi connectivity index (χ3n) is 5.00. The van der Waals surface area contributed by atoms with Crippen LogP contribution in [0.2, 0.25) is 0 Å². The molecule has 28 heavy (non-hydrogen) atoms. The number of nitrogens with one attached hydrogen (secondary N) is 1. The van der Waals surface area contributed by atoms with E-state index in [0.29, 0.717) is 18.0 Å².